The number of nitrogens with one attached hydrogen (secondary N) is 5. The van der Waals surface area contributed by atoms with Crippen molar-refractivity contribution in [2.24, 2.45) is 0 Å². The lowest BCUT2D eigenvalue weighted by atomic mass is 9.98. The van der Waals surface area contributed by atoms with Crippen molar-refractivity contribution in [2.45, 2.75) is 106 Å². The van der Waals surface area contributed by atoms with Crippen LogP contribution in [0.3, 0.4) is 0 Å². The molecule has 0 saturated carbocycles. The highest BCUT2D eigenvalue weighted by Crippen LogP contribution is 2.34. The summed E-state index contributed by atoms with van der Waals surface area (Å²) in [6, 6.07) is 12.4. The predicted molar refractivity (Wildman–Crippen MR) is 190 cm³/mol. The van der Waals surface area contributed by atoms with Crippen LogP contribution in [-0.2, 0) is 6.54 Å². The van der Waals surface area contributed by atoms with Crippen LogP contribution in [0.25, 0.3) is 11.4 Å². The van der Waals surface area contributed by atoms with Gasteiger partial charge < -0.3 is 26.6 Å². The van der Waals surface area contributed by atoms with Crippen LogP contribution in [0.1, 0.15) is 115 Å². The van der Waals surface area contributed by atoms with Gasteiger partial charge in [0.2, 0.25) is 0 Å². The van der Waals surface area contributed by atoms with E-state index >= 15 is 0 Å². The molecule has 0 saturated heterocycles. The molecular formula is C37H61N5. The van der Waals surface area contributed by atoms with Crippen molar-refractivity contribution in [3.8, 4) is 0 Å². The lowest BCUT2D eigenvalue weighted by Gasteiger charge is -2.19. The van der Waals surface area contributed by atoms with E-state index in [1.54, 1.807) is 0 Å². The Morgan fingerprint density at radius 2 is 1.40 bits per heavy atom. The number of unbranched alkanes of at least 4 members (excludes halogenated alkanes) is 6. The van der Waals surface area contributed by atoms with Crippen LogP contribution in [0.15, 0.2) is 62.0 Å². The van der Waals surface area contributed by atoms with Crippen LogP contribution in [-0.4, -0.2) is 19.6 Å². The zero-order valence-corrected chi connectivity index (χ0v) is 27.8. The van der Waals surface area contributed by atoms with Gasteiger partial charge in [0.1, 0.15) is 0 Å². The summed E-state index contributed by atoms with van der Waals surface area (Å²) in [5, 5.41) is 17.0. The number of aryl methyl sites for hydroxylation is 1. The minimum absolute atomic E-state index is 0.744. The normalized spacial score (nSPS) is 11.1. The molecule has 0 atom stereocenters. The largest absolute Gasteiger partial charge is 0.385 e. The molecule has 1 aliphatic heterocycles. The van der Waals surface area contributed by atoms with E-state index in [1.165, 1.54) is 68.1 Å². The van der Waals surface area contributed by atoms with Gasteiger partial charge in [0, 0.05) is 60.1 Å². The standard InChI is InChI=1S/C25H33N5.C9H20.C3H8/c1-6-13-26-19(4)25-22-16-29-18(3)21(22)11-12-24(25)28-15-14-27-20(5)30-23-10-8-7-9-17(23)2;1-3-5-7-9-8-6-4-2;1-3-2/h7-12,26-30H,3-6,13-16H2,1-2H3;3-9H2,1-2H3;3H2,1-2H3. The molecule has 0 aliphatic carbocycles. The fourth-order valence-corrected chi connectivity index (χ4v) is 4.62. The topological polar surface area (TPSA) is 60.1 Å². The molecule has 5 heteroatoms. The van der Waals surface area contributed by atoms with E-state index in [-0.39, 0.29) is 0 Å². The third kappa shape index (κ3) is 13.5. The molecule has 42 heavy (non-hydrogen) atoms. The molecule has 0 unspecified atom stereocenters. The number of hydrogen-bond acceptors (Lipinski definition) is 5. The first kappa shape index (κ1) is 36.7. The molecule has 0 spiro atoms. The zero-order valence-electron chi connectivity index (χ0n) is 27.8. The molecule has 5 nitrogen and oxygen atoms in total. The van der Waals surface area contributed by atoms with E-state index < -0.39 is 0 Å². The van der Waals surface area contributed by atoms with Gasteiger partial charge in [0.05, 0.1) is 5.82 Å². The summed E-state index contributed by atoms with van der Waals surface area (Å²) in [4.78, 5) is 0. The third-order valence-electron chi connectivity index (χ3n) is 6.92. The van der Waals surface area contributed by atoms with Gasteiger partial charge in [-0.05, 0) is 36.6 Å². The number of anilines is 2. The highest BCUT2D eigenvalue weighted by Gasteiger charge is 2.21. The maximum Gasteiger partial charge on any atom is 0.0957 e. The SMILES string of the molecule is C=C(NCCNc1ccc2c(c1C(=C)NCCC)CNC2=C)Nc1ccccc1C.CCC.CCCCCCCCC. The van der Waals surface area contributed by atoms with Crippen LogP contribution in [0.5, 0.6) is 0 Å². The Hall–Kier alpha value is -3.34. The third-order valence-corrected chi connectivity index (χ3v) is 6.92. The first-order valence-electron chi connectivity index (χ1n) is 16.4. The molecular weight excluding hydrogens is 514 g/mol. The van der Waals surface area contributed by atoms with Crippen molar-refractivity contribution in [1.82, 2.24) is 16.0 Å². The summed E-state index contributed by atoms with van der Waals surface area (Å²) in [7, 11) is 0. The van der Waals surface area contributed by atoms with Crippen molar-refractivity contribution in [3.05, 3.63) is 84.2 Å². The van der Waals surface area contributed by atoms with E-state index in [0.717, 1.165) is 66.8 Å². The van der Waals surface area contributed by atoms with Gasteiger partial charge in [0.25, 0.3) is 0 Å². The molecule has 1 aliphatic rings. The number of hydrogen-bond donors (Lipinski definition) is 5. The van der Waals surface area contributed by atoms with Gasteiger partial charge >= 0.3 is 0 Å². The van der Waals surface area contributed by atoms with Crippen molar-refractivity contribution in [2.75, 3.05) is 30.3 Å². The Morgan fingerprint density at radius 3 is 2.02 bits per heavy atom. The van der Waals surface area contributed by atoms with Crippen molar-refractivity contribution >= 4 is 22.8 Å². The predicted octanol–water partition coefficient (Wildman–Crippen LogP) is 9.80. The van der Waals surface area contributed by atoms with Crippen molar-refractivity contribution in [1.29, 1.82) is 0 Å². The van der Waals surface area contributed by atoms with E-state index in [9.17, 15) is 0 Å². The van der Waals surface area contributed by atoms with E-state index in [4.69, 9.17) is 0 Å². The Bertz CT molecular complexity index is 1070. The molecule has 0 aromatic heterocycles. The fraction of sp³-hybridized carbons (Fsp3) is 0.514. The highest BCUT2D eigenvalue weighted by molar-refractivity contribution is 5.83. The molecule has 2 aromatic rings. The van der Waals surface area contributed by atoms with Crippen LogP contribution in [0, 0.1) is 6.92 Å². The van der Waals surface area contributed by atoms with E-state index in [0.29, 0.717) is 0 Å². The van der Waals surface area contributed by atoms with Crippen LogP contribution in [0.4, 0.5) is 11.4 Å². The maximum absolute atomic E-state index is 4.29. The Morgan fingerprint density at radius 1 is 0.762 bits per heavy atom. The van der Waals surface area contributed by atoms with E-state index in [1.807, 2.05) is 18.2 Å². The summed E-state index contributed by atoms with van der Waals surface area (Å²) in [6.45, 7) is 28.7. The van der Waals surface area contributed by atoms with Crippen molar-refractivity contribution in [3.63, 3.8) is 0 Å². The summed E-state index contributed by atoms with van der Waals surface area (Å²) < 4.78 is 0. The number of para-hydroxylation sites is 1. The molecule has 0 amide bonds. The quantitative estimate of drug-likeness (QED) is 0.122. The van der Waals surface area contributed by atoms with Gasteiger partial charge in [-0.3, -0.25) is 0 Å². The lowest BCUT2D eigenvalue weighted by Crippen LogP contribution is -2.25. The molecule has 0 fully saturated rings. The number of fused-ring (bicyclic) bond motifs is 1. The van der Waals surface area contributed by atoms with Crippen molar-refractivity contribution < 1.29 is 0 Å². The van der Waals surface area contributed by atoms with E-state index in [2.05, 4.69) is 106 Å². The molecule has 3 rings (SSSR count). The monoisotopic (exact) mass is 575 g/mol. The van der Waals surface area contributed by atoms with Gasteiger partial charge in [-0.25, -0.2) is 0 Å². The summed E-state index contributed by atoms with van der Waals surface area (Å²) in [6.07, 6.45) is 12.3. The second-order valence-electron chi connectivity index (χ2n) is 11.0. The fourth-order valence-electron chi connectivity index (χ4n) is 4.62. The molecule has 234 valence electrons. The minimum atomic E-state index is 0.744. The summed E-state index contributed by atoms with van der Waals surface area (Å²) >= 11 is 0. The second kappa shape index (κ2) is 22.3. The molecule has 0 bridgehead atoms. The zero-order chi connectivity index (χ0) is 31.2. The maximum atomic E-state index is 4.29. The minimum Gasteiger partial charge on any atom is -0.385 e. The lowest BCUT2D eigenvalue weighted by molar-refractivity contribution is 0.602. The Kier molecular flexibility index (Phi) is 19.5. The summed E-state index contributed by atoms with van der Waals surface area (Å²) in [5.41, 5.74) is 8.82. The molecule has 5 N–H and O–H groups in total. The number of rotatable bonds is 17. The summed E-state index contributed by atoms with van der Waals surface area (Å²) in [5.74, 6) is 0.787. The van der Waals surface area contributed by atoms with Crippen LogP contribution in [0.2, 0.25) is 0 Å². The van der Waals surface area contributed by atoms with Gasteiger partial charge in [-0.1, -0.05) is 130 Å². The van der Waals surface area contributed by atoms with Gasteiger partial charge in [-0.2, -0.15) is 0 Å². The smallest absolute Gasteiger partial charge is 0.0957 e. The first-order valence-corrected chi connectivity index (χ1v) is 16.4. The average Bonchev–Trinajstić information content (AvgIpc) is 3.36. The van der Waals surface area contributed by atoms with Gasteiger partial charge in [0.15, 0.2) is 0 Å². The molecule has 1 heterocycles. The van der Waals surface area contributed by atoms with Crippen LogP contribution < -0.4 is 26.6 Å². The highest BCUT2D eigenvalue weighted by atomic mass is 15.1. The van der Waals surface area contributed by atoms with Gasteiger partial charge in [-0.15, -0.1) is 0 Å². The molecule has 0 radical (unpaired) electrons. The second-order valence-corrected chi connectivity index (χ2v) is 11.0. The number of benzene rings is 2. The Labute approximate surface area is 258 Å². The Balaban J connectivity index is 0.000000622. The first-order chi connectivity index (χ1) is 20.3. The average molecular weight is 576 g/mol. The van der Waals surface area contributed by atoms with Crippen LogP contribution >= 0.6 is 0 Å². The molecule has 2 aromatic carbocycles.